The number of benzene rings is 1. The van der Waals surface area contributed by atoms with Crippen LogP contribution >= 0.6 is 0 Å². The lowest BCUT2D eigenvalue weighted by atomic mass is 9.96. The summed E-state index contributed by atoms with van der Waals surface area (Å²) in [7, 11) is -3.48. The highest BCUT2D eigenvalue weighted by Crippen LogP contribution is 2.28. The maximum atomic E-state index is 12.8. The molecular weight excluding hydrogens is 286 g/mol. The van der Waals surface area contributed by atoms with Gasteiger partial charge in [-0.1, -0.05) is 31.9 Å². The van der Waals surface area contributed by atoms with Crippen molar-refractivity contribution in [3.63, 3.8) is 0 Å². The van der Waals surface area contributed by atoms with Gasteiger partial charge in [0.15, 0.2) is 0 Å². The zero-order chi connectivity index (χ0) is 15.3. The van der Waals surface area contributed by atoms with Gasteiger partial charge in [-0.3, -0.25) is 5.84 Å². The van der Waals surface area contributed by atoms with E-state index in [1.54, 1.807) is 28.6 Å². The number of hydrogen-bond donors (Lipinski definition) is 2. The first-order chi connectivity index (χ1) is 10.1. The zero-order valence-corrected chi connectivity index (χ0v) is 13.4. The first-order valence-electron chi connectivity index (χ1n) is 7.65. The highest BCUT2D eigenvalue weighted by atomic mass is 32.2. The molecule has 1 aromatic carbocycles. The maximum Gasteiger partial charge on any atom is 0.245 e. The number of nitrogen functional groups attached to an aromatic ring is 1. The second-order valence-electron chi connectivity index (χ2n) is 5.63. The summed E-state index contributed by atoms with van der Waals surface area (Å²) in [6.45, 7) is 3.38. The Kier molecular flexibility index (Phi) is 5.61. The molecule has 1 aromatic rings. The summed E-state index contributed by atoms with van der Waals surface area (Å²) in [5, 5.41) is 0. The molecule has 1 aliphatic rings. The number of nitrogens with zero attached hydrogens (tertiary/aromatic N) is 1. The SMILES string of the molecule is CCCC1CCCN(S(=O)(=O)c2ccccc2NN)CC1. The highest BCUT2D eigenvalue weighted by molar-refractivity contribution is 7.89. The number of nitrogens with two attached hydrogens (primary N) is 1. The molecule has 1 aliphatic heterocycles. The third-order valence-corrected chi connectivity index (χ3v) is 6.12. The van der Waals surface area contributed by atoms with Gasteiger partial charge in [0.05, 0.1) is 5.69 Å². The lowest BCUT2D eigenvalue weighted by molar-refractivity contribution is 0.400. The molecule has 1 atom stereocenters. The van der Waals surface area contributed by atoms with Crippen LogP contribution in [0.3, 0.4) is 0 Å². The Hall–Kier alpha value is -1.11. The Labute approximate surface area is 127 Å². The fraction of sp³-hybridized carbons (Fsp3) is 0.600. The van der Waals surface area contributed by atoms with Crippen LogP contribution in [-0.4, -0.2) is 25.8 Å². The minimum absolute atomic E-state index is 0.265. The molecule has 0 bridgehead atoms. The molecule has 1 fully saturated rings. The number of rotatable bonds is 5. The monoisotopic (exact) mass is 311 g/mol. The van der Waals surface area contributed by atoms with Gasteiger partial charge in [-0.15, -0.1) is 0 Å². The minimum Gasteiger partial charge on any atom is -0.323 e. The first-order valence-corrected chi connectivity index (χ1v) is 9.09. The number of hydrazine groups is 1. The quantitative estimate of drug-likeness (QED) is 0.647. The lowest BCUT2D eigenvalue weighted by Gasteiger charge is -2.21. The summed E-state index contributed by atoms with van der Waals surface area (Å²) in [6, 6.07) is 6.79. The molecule has 0 radical (unpaired) electrons. The van der Waals surface area contributed by atoms with E-state index in [2.05, 4.69) is 12.3 Å². The maximum absolute atomic E-state index is 12.8. The Morgan fingerprint density at radius 2 is 2.05 bits per heavy atom. The number of sulfonamides is 1. The Bertz CT molecular complexity index is 560. The van der Waals surface area contributed by atoms with E-state index in [0.29, 0.717) is 24.7 Å². The van der Waals surface area contributed by atoms with Crippen LogP contribution in [-0.2, 0) is 10.0 Å². The molecule has 0 saturated carbocycles. The lowest BCUT2D eigenvalue weighted by Crippen LogP contribution is -2.32. The largest absolute Gasteiger partial charge is 0.323 e. The second-order valence-corrected chi connectivity index (χ2v) is 7.54. The van der Waals surface area contributed by atoms with Gasteiger partial charge in [0.25, 0.3) is 0 Å². The minimum atomic E-state index is -3.48. The van der Waals surface area contributed by atoms with Crippen molar-refractivity contribution in [3.05, 3.63) is 24.3 Å². The molecule has 1 heterocycles. The molecule has 0 aliphatic carbocycles. The molecule has 0 amide bonds. The predicted molar refractivity (Wildman–Crippen MR) is 85.3 cm³/mol. The average molecular weight is 311 g/mol. The number of para-hydroxylation sites is 1. The average Bonchev–Trinajstić information content (AvgIpc) is 2.74. The Balaban J connectivity index is 2.19. The van der Waals surface area contributed by atoms with E-state index < -0.39 is 10.0 Å². The summed E-state index contributed by atoms with van der Waals surface area (Å²) < 4.78 is 27.2. The van der Waals surface area contributed by atoms with E-state index in [4.69, 9.17) is 5.84 Å². The van der Waals surface area contributed by atoms with E-state index in [-0.39, 0.29) is 4.90 Å². The summed E-state index contributed by atoms with van der Waals surface area (Å²) in [5.74, 6) is 6.09. The van der Waals surface area contributed by atoms with Gasteiger partial charge in [-0.2, -0.15) is 4.31 Å². The van der Waals surface area contributed by atoms with E-state index in [0.717, 1.165) is 25.7 Å². The van der Waals surface area contributed by atoms with Crippen molar-refractivity contribution in [2.45, 2.75) is 43.9 Å². The van der Waals surface area contributed by atoms with Crippen molar-refractivity contribution >= 4 is 15.7 Å². The molecule has 0 spiro atoms. The zero-order valence-electron chi connectivity index (χ0n) is 12.6. The summed E-state index contributed by atoms with van der Waals surface area (Å²) in [4.78, 5) is 0.265. The van der Waals surface area contributed by atoms with Crippen molar-refractivity contribution in [1.29, 1.82) is 0 Å². The van der Waals surface area contributed by atoms with Crippen molar-refractivity contribution in [1.82, 2.24) is 4.31 Å². The second kappa shape index (κ2) is 7.24. The van der Waals surface area contributed by atoms with Crippen LogP contribution < -0.4 is 11.3 Å². The molecule has 3 N–H and O–H groups in total. The first kappa shape index (κ1) is 16.3. The van der Waals surface area contributed by atoms with Gasteiger partial charge in [-0.05, 0) is 37.3 Å². The molecule has 0 aromatic heterocycles. The van der Waals surface area contributed by atoms with Gasteiger partial charge in [0, 0.05) is 13.1 Å². The van der Waals surface area contributed by atoms with Crippen LogP contribution in [0, 0.1) is 5.92 Å². The van der Waals surface area contributed by atoms with Crippen LogP contribution in [0.2, 0.25) is 0 Å². The van der Waals surface area contributed by atoms with Crippen LogP contribution in [0.1, 0.15) is 39.0 Å². The van der Waals surface area contributed by atoms with Gasteiger partial charge < -0.3 is 5.43 Å². The van der Waals surface area contributed by atoms with Crippen molar-refractivity contribution in [3.8, 4) is 0 Å². The van der Waals surface area contributed by atoms with Gasteiger partial charge in [0.1, 0.15) is 4.90 Å². The van der Waals surface area contributed by atoms with Crippen molar-refractivity contribution < 1.29 is 8.42 Å². The van der Waals surface area contributed by atoms with Crippen LogP contribution in [0.5, 0.6) is 0 Å². The smallest absolute Gasteiger partial charge is 0.245 e. The number of hydrogen-bond acceptors (Lipinski definition) is 4. The third kappa shape index (κ3) is 3.75. The Morgan fingerprint density at radius 3 is 2.76 bits per heavy atom. The third-order valence-electron chi connectivity index (χ3n) is 4.16. The summed E-state index contributed by atoms with van der Waals surface area (Å²) >= 11 is 0. The normalized spacial score (nSPS) is 21.0. The molecule has 21 heavy (non-hydrogen) atoms. The fourth-order valence-corrected chi connectivity index (χ4v) is 4.68. The highest BCUT2D eigenvalue weighted by Gasteiger charge is 2.29. The molecule has 1 saturated heterocycles. The van der Waals surface area contributed by atoms with E-state index in [1.807, 2.05) is 0 Å². The standard InChI is InChI=1S/C15H25N3O2S/c1-2-6-13-7-5-11-18(12-10-13)21(19,20)15-9-4-3-8-14(15)17-16/h3-4,8-9,13,17H,2,5-7,10-12,16H2,1H3. The van der Waals surface area contributed by atoms with Gasteiger partial charge in [0.2, 0.25) is 10.0 Å². The molecule has 5 nitrogen and oxygen atoms in total. The topological polar surface area (TPSA) is 75.4 Å². The van der Waals surface area contributed by atoms with Gasteiger partial charge in [-0.25, -0.2) is 8.42 Å². The summed E-state index contributed by atoms with van der Waals surface area (Å²) in [6.07, 6.45) is 5.36. The van der Waals surface area contributed by atoms with Crippen LogP contribution in [0.4, 0.5) is 5.69 Å². The molecule has 2 rings (SSSR count). The van der Waals surface area contributed by atoms with E-state index >= 15 is 0 Å². The van der Waals surface area contributed by atoms with E-state index in [9.17, 15) is 8.42 Å². The van der Waals surface area contributed by atoms with Crippen molar-refractivity contribution in [2.75, 3.05) is 18.5 Å². The number of nitrogens with one attached hydrogen (secondary N) is 1. The number of anilines is 1. The van der Waals surface area contributed by atoms with Crippen LogP contribution in [0.15, 0.2) is 29.2 Å². The fourth-order valence-electron chi connectivity index (χ4n) is 3.03. The van der Waals surface area contributed by atoms with E-state index in [1.165, 1.54) is 6.42 Å². The molecule has 1 unspecified atom stereocenters. The van der Waals surface area contributed by atoms with Crippen LogP contribution in [0.25, 0.3) is 0 Å². The Morgan fingerprint density at radius 1 is 1.29 bits per heavy atom. The predicted octanol–water partition coefficient (Wildman–Crippen LogP) is 2.56. The molecule has 6 heteroatoms. The van der Waals surface area contributed by atoms with Gasteiger partial charge >= 0.3 is 0 Å². The van der Waals surface area contributed by atoms with Crippen molar-refractivity contribution in [2.24, 2.45) is 11.8 Å². The molecule has 118 valence electrons. The molecular formula is C15H25N3O2S. The summed E-state index contributed by atoms with van der Waals surface area (Å²) in [5.41, 5.74) is 2.93.